The molecule has 1 fully saturated rings. The van der Waals surface area contributed by atoms with E-state index in [1.807, 2.05) is 12.1 Å². The zero-order valence-electron chi connectivity index (χ0n) is 10.7. The smallest absolute Gasteiger partial charge is 0.226 e. The lowest BCUT2D eigenvalue weighted by molar-refractivity contribution is -0.122. The van der Waals surface area contributed by atoms with Gasteiger partial charge in [-0.05, 0) is 18.6 Å². The van der Waals surface area contributed by atoms with Crippen LogP contribution in [-0.4, -0.2) is 24.5 Å². The van der Waals surface area contributed by atoms with Crippen molar-refractivity contribution in [2.24, 2.45) is 5.92 Å². The van der Waals surface area contributed by atoms with Crippen LogP contribution in [0.5, 0.6) is 11.5 Å². The Labute approximate surface area is 122 Å². The van der Waals surface area contributed by atoms with E-state index in [9.17, 15) is 4.79 Å². The molecule has 0 heterocycles. The van der Waals surface area contributed by atoms with Gasteiger partial charge >= 0.3 is 0 Å². The second kappa shape index (κ2) is 5.47. The summed E-state index contributed by atoms with van der Waals surface area (Å²) >= 11 is 11.7. The van der Waals surface area contributed by atoms with Gasteiger partial charge in [0.05, 0.1) is 20.1 Å². The SMILES string of the molecule is COc1ccc(CNC(=O)C2CC2(Cl)Cl)c(OC)c1. The van der Waals surface area contributed by atoms with E-state index in [4.69, 9.17) is 32.7 Å². The summed E-state index contributed by atoms with van der Waals surface area (Å²) in [6, 6.07) is 5.43. The second-order valence-electron chi connectivity index (χ2n) is 4.41. The number of carbonyl (C=O) groups is 1. The van der Waals surface area contributed by atoms with Crippen LogP contribution in [0.3, 0.4) is 0 Å². The Kier molecular flexibility index (Phi) is 4.11. The first-order chi connectivity index (χ1) is 8.97. The van der Waals surface area contributed by atoms with E-state index in [0.29, 0.717) is 24.5 Å². The first-order valence-corrected chi connectivity index (χ1v) is 6.60. The number of halogens is 2. The molecular formula is C13H15Cl2NO3. The molecule has 0 aliphatic heterocycles. The van der Waals surface area contributed by atoms with Gasteiger partial charge in [0.2, 0.25) is 5.91 Å². The van der Waals surface area contributed by atoms with Crippen molar-refractivity contribution in [1.29, 1.82) is 0 Å². The highest BCUT2D eigenvalue weighted by molar-refractivity contribution is 6.52. The number of hydrogen-bond donors (Lipinski definition) is 1. The van der Waals surface area contributed by atoms with Gasteiger partial charge in [0, 0.05) is 18.2 Å². The van der Waals surface area contributed by atoms with E-state index in [1.54, 1.807) is 20.3 Å². The molecule has 0 bridgehead atoms. The van der Waals surface area contributed by atoms with Crippen LogP contribution < -0.4 is 14.8 Å². The number of nitrogens with one attached hydrogen (secondary N) is 1. The van der Waals surface area contributed by atoms with Crippen molar-refractivity contribution in [2.75, 3.05) is 14.2 Å². The van der Waals surface area contributed by atoms with Crippen LogP contribution in [0.1, 0.15) is 12.0 Å². The highest BCUT2D eigenvalue weighted by Crippen LogP contribution is 2.53. The van der Waals surface area contributed by atoms with Crippen molar-refractivity contribution in [3.8, 4) is 11.5 Å². The molecule has 104 valence electrons. The molecule has 1 N–H and O–H groups in total. The molecular weight excluding hydrogens is 289 g/mol. The maximum Gasteiger partial charge on any atom is 0.226 e. The zero-order chi connectivity index (χ0) is 14.0. The molecule has 1 aliphatic carbocycles. The van der Waals surface area contributed by atoms with Gasteiger partial charge in [-0.1, -0.05) is 0 Å². The highest BCUT2D eigenvalue weighted by atomic mass is 35.5. The maximum atomic E-state index is 11.8. The largest absolute Gasteiger partial charge is 0.497 e. The Morgan fingerprint density at radius 2 is 2.11 bits per heavy atom. The van der Waals surface area contributed by atoms with E-state index >= 15 is 0 Å². The molecule has 1 unspecified atom stereocenters. The molecule has 1 amide bonds. The average molecular weight is 304 g/mol. The standard InChI is InChI=1S/C13H15Cl2NO3/c1-18-9-4-3-8(11(5-9)19-2)7-16-12(17)10-6-13(10,14)15/h3-5,10H,6-7H2,1-2H3,(H,16,17). The summed E-state index contributed by atoms with van der Waals surface area (Å²) in [5.74, 6) is 0.913. The van der Waals surface area contributed by atoms with E-state index < -0.39 is 4.33 Å². The van der Waals surface area contributed by atoms with Gasteiger partial charge in [-0.25, -0.2) is 0 Å². The molecule has 1 aromatic rings. The topological polar surface area (TPSA) is 47.6 Å². The lowest BCUT2D eigenvalue weighted by atomic mass is 10.2. The van der Waals surface area contributed by atoms with Gasteiger partial charge in [-0.2, -0.15) is 0 Å². The minimum atomic E-state index is -0.895. The summed E-state index contributed by atoms with van der Waals surface area (Å²) in [7, 11) is 3.16. The first-order valence-electron chi connectivity index (χ1n) is 5.84. The third-order valence-corrected chi connectivity index (χ3v) is 3.93. The lowest BCUT2D eigenvalue weighted by Gasteiger charge is -2.11. The van der Waals surface area contributed by atoms with E-state index in [0.717, 1.165) is 5.56 Å². The van der Waals surface area contributed by atoms with E-state index in [2.05, 4.69) is 5.32 Å². The number of methoxy groups -OCH3 is 2. The Morgan fingerprint density at radius 1 is 1.42 bits per heavy atom. The minimum absolute atomic E-state index is 0.136. The molecule has 6 heteroatoms. The predicted octanol–water partition coefficient (Wildman–Crippen LogP) is 2.51. The van der Waals surface area contributed by atoms with Crippen LogP contribution in [-0.2, 0) is 11.3 Å². The molecule has 1 aliphatic rings. The van der Waals surface area contributed by atoms with Gasteiger partial charge in [-0.15, -0.1) is 23.2 Å². The number of rotatable bonds is 5. The lowest BCUT2D eigenvalue weighted by Crippen LogP contribution is -2.26. The van der Waals surface area contributed by atoms with E-state index in [-0.39, 0.29) is 11.8 Å². The Balaban J connectivity index is 1.98. The maximum absolute atomic E-state index is 11.8. The predicted molar refractivity (Wildman–Crippen MR) is 73.9 cm³/mol. The number of alkyl halides is 2. The molecule has 19 heavy (non-hydrogen) atoms. The summed E-state index contributed by atoms with van der Waals surface area (Å²) < 4.78 is 9.47. The Bertz CT molecular complexity index is 491. The fraction of sp³-hybridized carbons (Fsp3) is 0.462. The molecule has 0 spiro atoms. The van der Waals surface area contributed by atoms with Crippen LogP contribution in [0.15, 0.2) is 18.2 Å². The van der Waals surface area contributed by atoms with Crippen molar-refractivity contribution in [2.45, 2.75) is 17.3 Å². The summed E-state index contributed by atoms with van der Waals surface area (Å²) in [6.45, 7) is 0.367. The zero-order valence-corrected chi connectivity index (χ0v) is 12.2. The molecule has 4 nitrogen and oxygen atoms in total. The molecule has 1 saturated carbocycles. The van der Waals surface area contributed by atoms with Crippen molar-refractivity contribution in [3.63, 3.8) is 0 Å². The third kappa shape index (κ3) is 3.25. The van der Waals surface area contributed by atoms with Crippen molar-refractivity contribution in [1.82, 2.24) is 5.32 Å². The molecule has 1 atom stereocenters. The fourth-order valence-corrected chi connectivity index (χ4v) is 2.31. The van der Waals surface area contributed by atoms with Crippen LogP contribution in [0, 0.1) is 5.92 Å². The Hall–Kier alpha value is -1.13. The van der Waals surface area contributed by atoms with Crippen molar-refractivity contribution >= 4 is 29.1 Å². The van der Waals surface area contributed by atoms with Crippen LogP contribution >= 0.6 is 23.2 Å². The minimum Gasteiger partial charge on any atom is -0.497 e. The van der Waals surface area contributed by atoms with Gasteiger partial charge in [0.15, 0.2) is 0 Å². The third-order valence-electron chi connectivity index (χ3n) is 3.09. The average Bonchev–Trinajstić information content (AvgIpc) is 3.05. The number of carbonyl (C=O) groups excluding carboxylic acids is 1. The number of ether oxygens (including phenoxy) is 2. The van der Waals surface area contributed by atoms with Gasteiger partial charge < -0.3 is 14.8 Å². The molecule has 0 saturated heterocycles. The van der Waals surface area contributed by atoms with Crippen LogP contribution in [0.2, 0.25) is 0 Å². The molecule has 0 radical (unpaired) electrons. The van der Waals surface area contributed by atoms with E-state index in [1.165, 1.54) is 0 Å². The second-order valence-corrected chi connectivity index (χ2v) is 5.96. The van der Waals surface area contributed by atoms with Gasteiger partial charge in [0.25, 0.3) is 0 Å². The highest BCUT2D eigenvalue weighted by Gasteiger charge is 2.56. The number of hydrogen-bond acceptors (Lipinski definition) is 3. The fourth-order valence-electron chi connectivity index (χ4n) is 1.80. The summed E-state index contributed by atoms with van der Waals surface area (Å²) in [5, 5.41) is 2.80. The quantitative estimate of drug-likeness (QED) is 0.850. The monoisotopic (exact) mass is 303 g/mol. The van der Waals surface area contributed by atoms with Gasteiger partial charge in [-0.3, -0.25) is 4.79 Å². The van der Waals surface area contributed by atoms with Crippen molar-refractivity contribution < 1.29 is 14.3 Å². The van der Waals surface area contributed by atoms with Crippen LogP contribution in [0.4, 0.5) is 0 Å². The summed E-state index contributed by atoms with van der Waals surface area (Å²) in [6.07, 6.45) is 0.502. The number of amides is 1. The first kappa shape index (κ1) is 14.3. The van der Waals surface area contributed by atoms with Gasteiger partial charge in [0.1, 0.15) is 15.8 Å². The summed E-state index contributed by atoms with van der Waals surface area (Å²) in [5.41, 5.74) is 0.868. The summed E-state index contributed by atoms with van der Waals surface area (Å²) in [4.78, 5) is 11.8. The molecule has 0 aromatic heterocycles. The molecule has 2 rings (SSSR count). The molecule has 1 aromatic carbocycles. The van der Waals surface area contributed by atoms with Crippen LogP contribution in [0.25, 0.3) is 0 Å². The Morgan fingerprint density at radius 3 is 2.63 bits per heavy atom. The number of benzene rings is 1. The van der Waals surface area contributed by atoms with Crippen molar-refractivity contribution in [3.05, 3.63) is 23.8 Å². The normalized spacial score (nSPS) is 19.7.